The van der Waals surface area contributed by atoms with Gasteiger partial charge in [0.25, 0.3) is 5.91 Å². The van der Waals surface area contributed by atoms with Gasteiger partial charge in [0.15, 0.2) is 0 Å². The van der Waals surface area contributed by atoms with Gasteiger partial charge in [0, 0.05) is 24.0 Å². The summed E-state index contributed by atoms with van der Waals surface area (Å²) in [6, 6.07) is 10.4. The number of nitrogens with zero attached hydrogens (tertiary/aromatic N) is 1. The Kier molecular flexibility index (Phi) is 1.99. The lowest BCUT2D eigenvalue weighted by atomic mass is 10.2. The molecule has 0 radical (unpaired) electrons. The molecule has 1 amide bonds. The molecule has 3 nitrogen and oxygen atoms in total. The Hall–Kier alpha value is -1.77. The van der Waals surface area contributed by atoms with Gasteiger partial charge in [-0.2, -0.15) is 0 Å². The number of hydrogen-bond donors (Lipinski definition) is 1. The van der Waals surface area contributed by atoms with E-state index in [1.54, 1.807) is 0 Å². The molecule has 0 saturated heterocycles. The summed E-state index contributed by atoms with van der Waals surface area (Å²) in [7, 11) is 1.93. The summed E-state index contributed by atoms with van der Waals surface area (Å²) >= 11 is 0. The van der Waals surface area contributed by atoms with E-state index in [1.165, 1.54) is 0 Å². The van der Waals surface area contributed by atoms with E-state index in [-0.39, 0.29) is 5.91 Å². The number of rotatable bonds is 2. The van der Waals surface area contributed by atoms with Crippen LogP contribution in [0.2, 0.25) is 0 Å². The molecule has 1 fully saturated rings. The zero-order valence-corrected chi connectivity index (χ0v) is 9.23. The van der Waals surface area contributed by atoms with Gasteiger partial charge in [0.05, 0.1) is 0 Å². The average molecular weight is 214 g/mol. The van der Waals surface area contributed by atoms with Crippen LogP contribution in [0.15, 0.2) is 30.3 Å². The van der Waals surface area contributed by atoms with Crippen LogP contribution in [0.5, 0.6) is 0 Å². The smallest absolute Gasteiger partial charge is 0.268 e. The molecule has 1 saturated carbocycles. The van der Waals surface area contributed by atoms with E-state index in [1.807, 2.05) is 41.9 Å². The largest absolute Gasteiger partial charge is 0.348 e. The Morgan fingerprint density at radius 2 is 2.12 bits per heavy atom. The van der Waals surface area contributed by atoms with E-state index in [0.29, 0.717) is 6.04 Å². The van der Waals surface area contributed by atoms with Crippen LogP contribution in [0.25, 0.3) is 10.9 Å². The normalized spacial score (nSPS) is 15.3. The zero-order chi connectivity index (χ0) is 11.1. The van der Waals surface area contributed by atoms with Crippen molar-refractivity contribution in [2.75, 3.05) is 0 Å². The van der Waals surface area contributed by atoms with Crippen LogP contribution < -0.4 is 5.32 Å². The maximum Gasteiger partial charge on any atom is 0.268 e. The number of carbonyl (C=O) groups is 1. The monoisotopic (exact) mass is 214 g/mol. The lowest BCUT2D eigenvalue weighted by molar-refractivity contribution is 0.0943. The summed E-state index contributed by atoms with van der Waals surface area (Å²) in [5, 5.41) is 4.13. The van der Waals surface area contributed by atoms with Gasteiger partial charge in [-0.05, 0) is 25.0 Å². The van der Waals surface area contributed by atoms with Crippen molar-refractivity contribution in [3.63, 3.8) is 0 Å². The summed E-state index contributed by atoms with van der Waals surface area (Å²) in [4.78, 5) is 12.0. The third-order valence-electron chi connectivity index (χ3n) is 3.10. The Balaban J connectivity index is 2.02. The minimum atomic E-state index is 0.0428. The quantitative estimate of drug-likeness (QED) is 0.815. The number of aryl methyl sites for hydroxylation is 1. The summed E-state index contributed by atoms with van der Waals surface area (Å²) in [5.41, 5.74) is 1.84. The molecular weight excluding hydrogens is 200 g/mol. The molecule has 0 aliphatic heterocycles. The first-order chi connectivity index (χ1) is 7.75. The second kappa shape index (κ2) is 3.37. The number of hydrogen-bond acceptors (Lipinski definition) is 1. The molecule has 0 spiro atoms. The highest BCUT2D eigenvalue weighted by atomic mass is 16.2. The SMILES string of the molecule is Cn1c(C(=O)NC2CC2)cc2ccccc21. The summed E-state index contributed by atoms with van der Waals surface area (Å²) in [6.07, 6.45) is 2.24. The molecule has 3 heteroatoms. The number of amides is 1. The fraction of sp³-hybridized carbons (Fsp3) is 0.308. The predicted octanol–water partition coefficient (Wildman–Crippen LogP) is 2.07. The van der Waals surface area contributed by atoms with E-state index in [0.717, 1.165) is 29.4 Å². The number of aromatic nitrogens is 1. The first-order valence-corrected chi connectivity index (χ1v) is 5.61. The Labute approximate surface area is 94.1 Å². The van der Waals surface area contributed by atoms with Crippen LogP contribution in [0.1, 0.15) is 23.3 Å². The number of carbonyl (C=O) groups excluding carboxylic acids is 1. The molecule has 3 rings (SSSR count). The fourth-order valence-electron chi connectivity index (χ4n) is 1.99. The van der Waals surface area contributed by atoms with Crippen molar-refractivity contribution >= 4 is 16.8 Å². The van der Waals surface area contributed by atoms with Gasteiger partial charge >= 0.3 is 0 Å². The van der Waals surface area contributed by atoms with Crippen LogP contribution in [-0.2, 0) is 7.05 Å². The summed E-state index contributed by atoms with van der Waals surface area (Å²) in [6.45, 7) is 0. The van der Waals surface area contributed by atoms with Gasteiger partial charge in [-0.25, -0.2) is 0 Å². The molecule has 1 aromatic heterocycles. The van der Waals surface area contributed by atoms with E-state index >= 15 is 0 Å². The fourth-order valence-corrected chi connectivity index (χ4v) is 1.99. The van der Waals surface area contributed by atoms with Crippen LogP contribution >= 0.6 is 0 Å². The summed E-state index contributed by atoms with van der Waals surface area (Å²) < 4.78 is 1.95. The molecule has 1 N–H and O–H groups in total. The van der Waals surface area contributed by atoms with Gasteiger partial charge in [-0.1, -0.05) is 18.2 Å². The second-order valence-corrected chi connectivity index (χ2v) is 4.40. The Morgan fingerprint density at radius 3 is 2.81 bits per heavy atom. The minimum Gasteiger partial charge on any atom is -0.348 e. The van der Waals surface area contributed by atoms with E-state index < -0.39 is 0 Å². The van der Waals surface area contributed by atoms with Crippen molar-refractivity contribution < 1.29 is 4.79 Å². The molecule has 16 heavy (non-hydrogen) atoms. The van der Waals surface area contributed by atoms with Crippen molar-refractivity contribution in [2.24, 2.45) is 7.05 Å². The second-order valence-electron chi connectivity index (χ2n) is 4.40. The average Bonchev–Trinajstić information content (AvgIpc) is 3.03. The molecule has 1 aliphatic carbocycles. The molecule has 0 bridgehead atoms. The highest BCUT2D eigenvalue weighted by molar-refractivity contribution is 5.98. The van der Waals surface area contributed by atoms with Crippen molar-refractivity contribution in [1.29, 1.82) is 0 Å². The maximum atomic E-state index is 12.0. The zero-order valence-electron chi connectivity index (χ0n) is 9.23. The van der Waals surface area contributed by atoms with Gasteiger partial charge in [0.2, 0.25) is 0 Å². The van der Waals surface area contributed by atoms with Gasteiger partial charge in [0.1, 0.15) is 5.69 Å². The van der Waals surface area contributed by atoms with Crippen molar-refractivity contribution in [3.05, 3.63) is 36.0 Å². The van der Waals surface area contributed by atoms with Crippen molar-refractivity contribution in [2.45, 2.75) is 18.9 Å². The number of nitrogens with one attached hydrogen (secondary N) is 1. The Morgan fingerprint density at radius 1 is 1.38 bits per heavy atom. The van der Waals surface area contributed by atoms with Crippen LogP contribution in [0.4, 0.5) is 0 Å². The molecule has 0 unspecified atom stereocenters. The molecule has 1 aliphatic rings. The van der Waals surface area contributed by atoms with E-state index in [9.17, 15) is 4.79 Å². The highest BCUT2D eigenvalue weighted by Crippen LogP contribution is 2.21. The highest BCUT2D eigenvalue weighted by Gasteiger charge is 2.25. The summed E-state index contributed by atoms with van der Waals surface area (Å²) in [5.74, 6) is 0.0428. The predicted molar refractivity (Wildman–Crippen MR) is 63.4 cm³/mol. The van der Waals surface area contributed by atoms with Gasteiger partial charge in [-0.3, -0.25) is 4.79 Å². The number of fused-ring (bicyclic) bond motifs is 1. The van der Waals surface area contributed by atoms with E-state index in [4.69, 9.17) is 0 Å². The molecular formula is C13H14N2O. The number of benzene rings is 1. The van der Waals surface area contributed by atoms with Crippen molar-refractivity contribution in [1.82, 2.24) is 9.88 Å². The molecule has 2 aromatic rings. The van der Waals surface area contributed by atoms with Gasteiger partial charge in [-0.15, -0.1) is 0 Å². The van der Waals surface area contributed by atoms with Crippen LogP contribution in [0.3, 0.4) is 0 Å². The lowest BCUT2D eigenvalue weighted by Crippen LogP contribution is -2.27. The third-order valence-corrected chi connectivity index (χ3v) is 3.10. The van der Waals surface area contributed by atoms with Gasteiger partial charge < -0.3 is 9.88 Å². The van der Waals surface area contributed by atoms with Crippen LogP contribution in [0, 0.1) is 0 Å². The first-order valence-electron chi connectivity index (χ1n) is 5.61. The minimum absolute atomic E-state index is 0.0428. The Bertz CT molecular complexity index is 552. The molecule has 1 heterocycles. The topological polar surface area (TPSA) is 34.0 Å². The number of para-hydroxylation sites is 1. The molecule has 0 atom stereocenters. The molecule has 82 valence electrons. The first kappa shape index (κ1) is 9.46. The lowest BCUT2D eigenvalue weighted by Gasteiger charge is -2.04. The van der Waals surface area contributed by atoms with Crippen LogP contribution in [-0.4, -0.2) is 16.5 Å². The van der Waals surface area contributed by atoms with E-state index in [2.05, 4.69) is 5.32 Å². The van der Waals surface area contributed by atoms with Crippen molar-refractivity contribution in [3.8, 4) is 0 Å². The standard InChI is InChI=1S/C13H14N2O/c1-15-11-5-3-2-4-9(11)8-12(15)13(16)14-10-6-7-10/h2-5,8,10H,6-7H2,1H3,(H,14,16). The molecule has 1 aromatic carbocycles. The maximum absolute atomic E-state index is 12.0. The third kappa shape index (κ3) is 1.48.